The Morgan fingerprint density at radius 1 is 0.875 bits per heavy atom. The molecule has 0 aromatic carbocycles. The lowest BCUT2D eigenvalue weighted by atomic mass is 10.1. The monoisotopic (exact) mass is 218 g/mol. The minimum atomic E-state index is -1.13. The Morgan fingerprint density at radius 3 is 1.62 bits per heavy atom. The van der Waals surface area contributed by atoms with E-state index in [9.17, 15) is 14.4 Å². The Bertz CT molecular complexity index is 479. The van der Waals surface area contributed by atoms with Crippen LogP contribution in [0.1, 0.15) is 21.0 Å². The van der Waals surface area contributed by atoms with E-state index in [1.807, 2.05) is 0 Å². The van der Waals surface area contributed by atoms with Crippen molar-refractivity contribution in [3.05, 3.63) is 36.4 Å². The summed E-state index contributed by atoms with van der Waals surface area (Å²) in [5.74, 6) is -2.97. The molecule has 0 spiro atoms. The number of Topliss-reactive ketones (excluding diaryl/α,β-unsaturated/α-hetero) is 3. The van der Waals surface area contributed by atoms with E-state index < -0.39 is 17.3 Å². The van der Waals surface area contributed by atoms with Gasteiger partial charge in [0.25, 0.3) is 17.3 Å². The molecule has 2 heterocycles. The molecule has 0 amide bonds. The smallest absolute Gasteiger partial charge is 0.277 e. The molecule has 0 radical (unpaired) electrons. The molecule has 0 aliphatic rings. The van der Waals surface area contributed by atoms with Gasteiger partial charge in [0, 0.05) is 0 Å². The zero-order valence-electron chi connectivity index (χ0n) is 7.93. The van der Waals surface area contributed by atoms with E-state index in [4.69, 9.17) is 0 Å². The first kappa shape index (κ1) is 9.97. The van der Waals surface area contributed by atoms with E-state index in [0.29, 0.717) is 0 Å². The zero-order chi connectivity index (χ0) is 11.5. The van der Waals surface area contributed by atoms with Crippen LogP contribution < -0.4 is 0 Å². The minimum Gasteiger partial charge on any atom is -0.342 e. The molecule has 0 aliphatic heterocycles. The number of hydrogen-bond donors (Lipinski definition) is 2. The first-order chi connectivity index (χ1) is 7.70. The highest BCUT2D eigenvalue weighted by Crippen LogP contribution is 2.00. The molecular weight excluding hydrogens is 212 g/mol. The standard InChI is InChI=1S/C9H6N4O3/c14-7(5-1-10-3-12-5)9(16)8(15)6-2-11-4-13-6/h1-4H,(H,10,12)(H,11,13). The normalized spacial score (nSPS) is 10.0. The number of imidazole rings is 2. The highest BCUT2D eigenvalue weighted by molar-refractivity contribution is 6.69. The third-order valence-electron chi connectivity index (χ3n) is 1.90. The average molecular weight is 218 g/mol. The highest BCUT2D eigenvalue weighted by Gasteiger charge is 2.26. The van der Waals surface area contributed by atoms with Crippen molar-refractivity contribution >= 4 is 17.3 Å². The summed E-state index contributed by atoms with van der Waals surface area (Å²) in [6.07, 6.45) is 4.86. The van der Waals surface area contributed by atoms with Crippen molar-refractivity contribution in [1.82, 2.24) is 19.9 Å². The summed E-state index contributed by atoms with van der Waals surface area (Å²) in [5, 5.41) is 0. The van der Waals surface area contributed by atoms with E-state index >= 15 is 0 Å². The van der Waals surface area contributed by atoms with Gasteiger partial charge in [0.15, 0.2) is 0 Å². The van der Waals surface area contributed by atoms with Gasteiger partial charge in [-0.2, -0.15) is 0 Å². The van der Waals surface area contributed by atoms with E-state index in [0.717, 1.165) is 0 Å². The van der Waals surface area contributed by atoms with Crippen molar-refractivity contribution in [3.8, 4) is 0 Å². The van der Waals surface area contributed by atoms with Crippen LogP contribution in [0, 0.1) is 0 Å². The number of aromatic amines is 2. The maximum Gasteiger partial charge on any atom is 0.277 e. The van der Waals surface area contributed by atoms with Gasteiger partial charge in [0.1, 0.15) is 11.4 Å². The van der Waals surface area contributed by atoms with E-state index in [1.54, 1.807) is 0 Å². The third kappa shape index (κ3) is 1.65. The molecule has 0 aliphatic carbocycles. The molecule has 2 rings (SSSR count). The summed E-state index contributed by atoms with van der Waals surface area (Å²) < 4.78 is 0. The Morgan fingerprint density at radius 2 is 1.31 bits per heavy atom. The van der Waals surface area contributed by atoms with Crippen LogP contribution in [-0.4, -0.2) is 37.3 Å². The molecule has 16 heavy (non-hydrogen) atoms. The number of aromatic nitrogens is 4. The molecular formula is C9H6N4O3. The number of nitrogens with zero attached hydrogens (tertiary/aromatic N) is 2. The van der Waals surface area contributed by atoms with Crippen molar-refractivity contribution in [3.63, 3.8) is 0 Å². The fraction of sp³-hybridized carbons (Fsp3) is 0. The van der Waals surface area contributed by atoms with Crippen molar-refractivity contribution < 1.29 is 14.4 Å². The summed E-state index contributed by atoms with van der Waals surface area (Å²) in [5.41, 5.74) is -0.0317. The summed E-state index contributed by atoms with van der Waals surface area (Å²) in [4.78, 5) is 46.5. The molecule has 7 heteroatoms. The van der Waals surface area contributed by atoms with Gasteiger partial charge < -0.3 is 9.97 Å². The molecule has 2 aromatic heterocycles. The lowest BCUT2D eigenvalue weighted by Gasteiger charge is -1.94. The lowest BCUT2D eigenvalue weighted by molar-refractivity contribution is -0.111. The second-order valence-corrected chi connectivity index (χ2v) is 2.92. The topological polar surface area (TPSA) is 109 Å². The quantitative estimate of drug-likeness (QED) is 0.418. The molecule has 0 unspecified atom stereocenters. The molecule has 0 bridgehead atoms. The molecule has 2 N–H and O–H groups in total. The zero-order valence-corrected chi connectivity index (χ0v) is 7.93. The van der Waals surface area contributed by atoms with Crippen LogP contribution in [-0.2, 0) is 4.79 Å². The Kier molecular flexibility index (Phi) is 2.42. The summed E-state index contributed by atoms with van der Waals surface area (Å²) in [6, 6.07) is 0. The largest absolute Gasteiger partial charge is 0.342 e. The van der Waals surface area contributed by atoms with Gasteiger partial charge in [0.05, 0.1) is 25.0 Å². The number of ketones is 3. The predicted molar refractivity (Wildman–Crippen MR) is 50.8 cm³/mol. The maximum absolute atomic E-state index is 11.5. The van der Waals surface area contributed by atoms with Gasteiger partial charge >= 0.3 is 0 Å². The highest BCUT2D eigenvalue weighted by atomic mass is 16.2. The molecule has 0 fully saturated rings. The first-order valence-electron chi connectivity index (χ1n) is 4.30. The molecule has 80 valence electrons. The van der Waals surface area contributed by atoms with Crippen LogP contribution >= 0.6 is 0 Å². The molecule has 7 nitrogen and oxygen atoms in total. The third-order valence-corrected chi connectivity index (χ3v) is 1.90. The van der Waals surface area contributed by atoms with Gasteiger partial charge in [-0.3, -0.25) is 14.4 Å². The number of carbonyl (C=O) groups is 3. The Hall–Kier alpha value is -2.57. The van der Waals surface area contributed by atoms with Crippen molar-refractivity contribution in [1.29, 1.82) is 0 Å². The average Bonchev–Trinajstić information content (AvgIpc) is 2.97. The van der Waals surface area contributed by atoms with Gasteiger partial charge in [-0.15, -0.1) is 0 Å². The number of H-pyrrole nitrogens is 2. The molecule has 2 aromatic rings. The second-order valence-electron chi connectivity index (χ2n) is 2.92. The maximum atomic E-state index is 11.5. The van der Waals surface area contributed by atoms with Crippen molar-refractivity contribution in [2.75, 3.05) is 0 Å². The molecule has 0 atom stereocenters. The summed E-state index contributed by atoms with van der Waals surface area (Å²) in [6.45, 7) is 0. The number of carbonyl (C=O) groups excluding carboxylic acids is 3. The van der Waals surface area contributed by atoms with Gasteiger partial charge in [0.2, 0.25) is 0 Å². The first-order valence-corrected chi connectivity index (χ1v) is 4.30. The molecule has 0 saturated heterocycles. The number of nitrogens with one attached hydrogen (secondary N) is 2. The van der Waals surface area contributed by atoms with Crippen LogP contribution in [0.2, 0.25) is 0 Å². The summed E-state index contributed by atoms with van der Waals surface area (Å²) in [7, 11) is 0. The second kappa shape index (κ2) is 3.89. The number of hydrogen-bond acceptors (Lipinski definition) is 5. The van der Waals surface area contributed by atoms with Crippen LogP contribution in [0.15, 0.2) is 25.0 Å². The van der Waals surface area contributed by atoms with Crippen LogP contribution in [0.5, 0.6) is 0 Å². The fourth-order valence-corrected chi connectivity index (χ4v) is 1.11. The van der Waals surface area contributed by atoms with Crippen LogP contribution in [0.4, 0.5) is 0 Å². The van der Waals surface area contributed by atoms with Gasteiger partial charge in [-0.05, 0) is 0 Å². The number of rotatable bonds is 4. The van der Waals surface area contributed by atoms with E-state index in [1.165, 1.54) is 25.0 Å². The molecule has 0 saturated carbocycles. The Labute approximate surface area is 88.9 Å². The lowest BCUT2D eigenvalue weighted by Crippen LogP contribution is -2.24. The van der Waals surface area contributed by atoms with Crippen LogP contribution in [0.3, 0.4) is 0 Å². The SMILES string of the molecule is O=C(C(=O)c1cnc[nH]1)C(=O)c1cnc[nH]1. The van der Waals surface area contributed by atoms with Gasteiger partial charge in [-0.25, -0.2) is 9.97 Å². The minimum absolute atomic E-state index is 0.0159. The Balaban J connectivity index is 2.21. The van der Waals surface area contributed by atoms with E-state index in [-0.39, 0.29) is 11.4 Å². The van der Waals surface area contributed by atoms with E-state index in [2.05, 4.69) is 19.9 Å². The summed E-state index contributed by atoms with van der Waals surface area (Å²) >= 11 is 0. The van der Waals surface area contributed by atoms with Crippen molar-refractivity contribution in [2.45, 2.75) is 0 Å². The van der Waals surface area contributed by atoms with Crippen LogP contribution in [0.25, 0.3) is 0 Å². The fourth-order valence-electron chi connectivity index (χ4n) is 1.11. The van der Waals surface area contributed by atoms with Gasteiger partial charge in [-0.1, -0.05) is 0 Å². The predicted octanol–water partition coefficient (Wildman–Crippen LogP) is -0.233. The van der Waals surface area contributed by atoms with Crippen molar-refractivity contribution in [2.24, 2.45) is 0 Å².